The summed E-state index contributed by atoms with van der Waals surface area (Å²) in [6, 6.07) is 9.84. The van der Waals surface area contributed by atoms with E-state index in [0.717, 1.165) is 34.9 Å². The summed E-state index contributed by atoms with van der Waals surface area (Å²) in [6.45, 7) is 3.63. The number of nitrogens with one attached hydrogen (secondary N) is 1. The van der Waals surface area contributed by atoms with Crippen LogP contribution in [0, 0.1) is 5.92 Å². The molecule has 8 nitrogen and oxygen atoms in total. The Kier molecular flexibility index (Phi) is 6.49. The molecule has 1 aromatic heterocycles. The van der Waals surface area contributed by atoms with E-state index in [1.807, 2.05) is 35.2 Å². The lowest BCUT2D eigenvalue weighted by Crippen LogP contribution is -2.53. The van der Waals surface area contributed by atoms with Gasteiger partial charge in [0.2, 0.25) is 10.2 Å². The summed E-state index contributed by atoms with van der Waals surface area (Å²) in [6.07, 6.45) is 2.16. The zero-order valence-corrected chi connectivity index (χ0v) is 18.4. The Morgan fingerprint density at radius 2 is 1.93 bits per heavy atom. The van der Waals surface area contributed by atoms with E-state index in [-0.39, 0.29) is 35.2 Å². The van der Waals surface area contributed by atoms with Crippen LogP contribution in [-0.4, -0.2) is 67.8 Å². The van der Waals surface area contributed by atoms with Crippen molar-refractivity contribution in [2.45, 2.75) is 23.2 Å². The molecule has 30 heavy (non-hydrogen) atoms. The molecule has 10 heteroatoms. The number of piperazine rings is 1. The maximum Gasteiger partial charge on any atom is 0.270 e. The molecular formula is C20H27N5O3S2. The fraction of sp³-hybridized carbons (Fsp3) is 0.500. The number of sulfonamides is 1. The van der Waals surface area contributed by atoms with Gasteiger partial charge in [-0.15, -0.1) is 11.3 Å². The zero-order valence-electron chi connectivity index (χ0n) is 16.7. The minimum absolute atomic E-state index is 0.0408. The molecule has 0 aliphatic carbocycles. The van der Waals surface area contributed by atoms with Crippen molar-refractivity contribution < 1.29 is 13.2 Å². The number of piperidine rings is 1. The van der Waals surface area contributed by atoms with Crippen molar-refractivity contribution in [3.63, 3.8) is 0 Å². The van der Waals surface area contributed by atoms with Crippen LogP contribution in [0.5, 0.6) is 0 Å². The average Bonchev–Trinajstić information content (AvgIpc) is 3.30. The number of thiazole rings is 1. The van der Waals surface area contributed by atoms with Gasteiger partial charge in [0.15, 0.2) is 0 Å². The Hall–Kier alpha value is -1.85. The topological polar surface area (TPSA) is 109 Å². The van der Waals surface area contributed by atoms with Crippen LogP contribution >= 0.6 is 11.3 Å². The molecule has 0 bridgehead atoms. The standard InChI is InChI=1S/C20H27N5O3S2/c21-11-18-12-23-20(29-18)30(27,28)25-13-16(15-4-2-1-3-5-15)10-17(14-25)19(26)24-8-6-22-7-9-24/h1-5,12,16-17,22H,6-11,13-14,21H2/t16-,17+/m1/s1. The molecule has 3 heterocycles. The van der Waals surface area contributed by atoms with Gasteiger partial charge < -0.3 is 16.0 Å². The molecule has 2 aliphatic rings. The highest BCUT2D eigenvalue weighted by Crippen LogP contribution is 2.35. The van der Waals surface area contributed by atoms with Crippen LogP contribution in [0.25, 0.3) is 0 Å². The summed E-state index contributed by atoms with van der Waals surface area (Å²) < 4.78 is 28.2. The van der Waals surface area contributed by atoms with Crippen LogP contribution < -0.4 is 11.1 Å². The van der Waals surface area contributed by atoms with Gasteiger partial charge in [0.25, 0.3) is 10.0 Å². The van der Waals surface area contributed by atoms with Crippen molar-refractivity contribution in [1.29, 1.82) is 0 Å². The number of benzene rings is 1. The molecule has 2 fully saturated rings. The highest BCUT2D eigenvalue weighted by atomic mass is 32.2. The van der Waals surface area contributed by atoms with E-state index in [1.165, 1.54) is 10.5 Å². The molecule has 0 radical (unpaired) electrons. The Balaban J connectivity index is 1.62. The third-order valence-electron chi connectivity index (χ3n) is 5.76. The SMILES string of the molecule is NCc1cnc(S(=O)(=O)N2C[C@@H](C(=O)N3CCNCC3)C[C@@H](c3ccccc3)C2)s1. The molecule has 2 saturated heterocycles. The number of nitrogens with two attached hydrogens (primary N) is 1. The molecule has 2 aromatic rings. The molecule has 1 aromatic carbocycles. The molecule has 1 amide bonds. The first-order valence-corrected chi connectivity index (χ1v) is 12.4. The summed E-state index contributed by atoms with van der Waals surface area (Å²) in [4.78, 5) is 19.9. The molecule has 0 saturated carbocycles. The number of aromatic nitrogens is 1. The van der Waals surface area contributed by atoms with Crippen molar-refractivity contribution in [2.24, 2.45) is 11.7 Å². The number of amides is 1. The van der Waals surface area contributed by atoms with Gasteiger partial charge in [0.1, 0.15) is 0 Å². The summed E-state index contributed by atoms with van der Waals surface area (Å²) >= 11 is 1.10. The summed E-state index contributed by atoms with van der Waals surface area (Å²) in [5.74, 6) is -0.370. The number of hydrogen-bond donors (Lipinski definition) is 2. The smallest absolute Gasteiger partial charge is 0.270 e. The molecule has 0 spiro atoms. The summed E-state index contributed by atoms with van der Waals surface area (Å²) in [7, 11) is -3.79. The quantitative estimate of drug-likeness (QED) is 0.700. The van der Waals surface area contributed by atoms with E-state index in [1.54, 1.807) is 0 Å². The first-order valence-electron chi connectivity index (χ1n) is 10.2. The van der Waals surface area contributed by atoms with Crippen molar-refractivity contribution in [1.82, 2.24) is 19.5 Å². The first kappa shape index (κ1) is 21.4. The Bertz CT molecular complexity index is 973. The third-order valence-corrected chi connectivity index (χ3v) is 8.98. The van der Waals surface area contributed by atoms with Crippen LogP contribution in [0.3, 0.4) is 0 Å². The Morgan fingerprint density at radius 3 is 2.60 bits per heavy atom. The number of carbonyl (C=O) groups is 1. The zero-order chi connectivity index (χ0) is 21.1. The van der Waals surface area contributed by atoms with E-state index in [9.17, 15) is 13.2 Å². The second-order valence-corrected chi connectivity index (χ2v) is 11.0. The Labute approximate surface area is 181 Å². The van der Waals surface area contributed by atoms with Crippen molar-refractivity contribution in [3.8, 4) is 0 Å². The lowest BCUT2D eigenvalue weighted by Gasteiger charge is -2.39. The van der Waals surface area contributed by atoms with Crippen molar-refractivity contribution in [3.05, 3.63) is 47.0 Å². The fourth-order valence-electron chi connectivity index (χ4n) is 4.16. The highest BCUT2D eigenvalue weighted by Gasteiger charge is 2.40. The lowest BCUT2D eigenvalue weighted by atomic mass is 9.85. The monoisotopic (exact) mass is 449 g/mol. The highest BCUT2D eigenvalue weighted by molar-refractivity contribution is 7.91. The maximum atomic E-state index is 13.3. The second-order valence-electron chi connectivity index (χ2n) is 7.73. The molecule has 162 valence electrons. The van der Waals surface area contributed by atoms with Gasteiger partial charge in [-0.1, -0.05) is 30.3 Å². The molecule has 0 unspecified atom stereocenters. The van der Waals surface area contributed by atoms with Crippen LogP contribution in [0.15, 0.2) is 40.9 Å². The number of rotatable bonds is 5. The van der Waals surface area contributed by atoms with E-state index in [4.69, 9.17) is 5.73 Å². The lowest BCUT2D eigenvalue weighted by molar-refractivity contribution is -0.137. The molecule has 3 N–H and O–H groups in total. The fourth-order valence-corrected chi connectivity index (χ4v) is 6.89. The third kappa shape index (κ3) is 4.42. The van der Waals surface area contributed by atoms with Gasteiger partial charge in [0, 0.05) is 56.9 Å². The van der Waals surface area contributed by atoms with E-state index in [0.29, 0.717) is 26.1 Å². The predicted octanol–water partition coefficient (Wildman–Crippen LogP) is 0.828. The molecular weight excluding hydrogens is 422 g/mol. The van der Waals surface area contributed by atoms with Crippen molar-refractivity contribution >= 4 is 27.3 Å². The van der Waals surface area contributed by atoms with Crippen molar-refractivity contribution in [2.75, 3.05) is 39.3 Å². The second kappa shape index (κ2) is 9.11. The first-order chi connectivity index (χ1) is 14.5. The van der Waals surface area contributed by atoms with Crippen LogP contribution in [0.4, 0.5) is 0 Å². The van der Waals surface area contributed by atoms with Crippen LogP contribution in [0.2, 0.25) is 0 Å². The van der Waals surface area contributed by atoms with Crippen LogP contribution in [-0.2, 0) is 21.4 Å². The molecule has 2 atom stereocenters. The van der Waals surface area contributed by atoms with Gasteiger partial charge in [-0.25, -0.2) is 13.4 Å². The number of hydrogen-bond acceptors (Lipinski definition) is 7. The molecule has 4 rings (SSSR count). The van der Waals surface area contributed by atoms with Gasteiger partial charge in [-0.3, -0.25) is 4.79 Å². The van der Waals surface area contributed by atoms with Gasteiger partial charge in [0.05, 0.1) is 5.92 Å². The average molecular weight is 450 g/mol. The molecule has 2 aliphatic heterocycles. The normalized spacial score (nSPS) is 23.4. The minimum atomic E-state index is -3.79. The van der Waals surface area contributed by atoms with Gasteiger partial charge >= 0.3 is 0 Å². The summed E-state index contributed by atoms with van der Waals surface area (Å²) in [5, 5.41) is 3.25. The number of carbonyl (C=O) groups excluding carboxylic acids is 1. The Morgan fingerprint density at radius 1 is 1.20 bits per heavy atom. The predicted molar refractivity (Wildman–Crippen MR) is 116 cm³/mol. The van der Waals surface area contributed by atoms with Gasteiger partial charge in [-0.2, -0.15) is 4.31 Å². The maximum absolute atomic E-state index is 13.3. The minimum Gasteiger partial charge on any atom is -0.340 e. The van der Waals surface area contributed by atoms with E-state index in [2.05, 4.69) is 10.3 Å². The number of nitrogens with zero attached hydrogens (tertiary/aromatic N) is 3. The largest absolute Gasteiger partial charge is 0.340 e. The van der Waals surface area contributed by atoms with E-state index >= 15 is 0 Å². The van der Waals surface area contributed by atoms with E-state index < -0.39 is 10.0 Å². The van der Waals surface area contributed by atoms with Crippen LogP contribution in [0.1, 0.15) is 22.8 Å². The summed E-state index contributed by atoms with van der Waals surface area (Å²) in [5.41, 5.74) is 6.69. The van der Waals surface area contributed by atoms with Gasteiger partial charge in [-0.05, 0) is 17.9 Å².